The van der Waals surface area contributed by atoms with Crippen molar-refractivity contribution in [1.29, 1.82) is 0 Å². The summed E-state index contributed by atoms with van der Waals surface area (Å²) in [5.41, 5.74) is 4.41. The number of aromatic nitrogens is 2. The van der Waals surface area contributed by atoms with E-state index in [1.807, 2.05) is 37.8 Å². The van der Waals surface area contributed by atoms with E-state index in [0.29, 0.717) is 24.6 Å². The molecule has 2 aromatic heterocycles. The van der Waals surface area contributed by atoms with Crippen LogP contribution in [0.4, 0.5) is 10.6 Å². The van der Waals surface area contributed by atoms with Gasteiger partial charge >= 0.3 is 6.09 Å². The quantitative estimate of drug-likeness (QED) is 0.465. The number of ether oxygens (including phenoxy) is 1. The molecule has 39 heavy (non-hydrogen) atoms. The van der Waals surface area contributed by atoms with Gasteiger partial charge in [0.15, 0.2) is 0 Å². The Balaban J connectivity index is 1.03. The Kier molecular flexibility index (Phi) is 6.53. The number of pyridine rings is 2. The first-order valence-corrected chi connectivity index (χ1v) is 14.1. The third-order valence-corrected chi connectivity index (χ3v) is 8.34. The largest absolute Gasteiger partial charge is 0.444 e. The second kappa shape index (κ2) is 9.90. The average molecular weight is 528 g/mol. The van der Waals surface area contributed by atoms with E-state index in [1.165, 1.54) is 11.1 Å². The Hall–Kier alpha value is -3.52. The van der Waals surface area contributed by atoms with Gasteiger partial charge in [-0.2, -0.15) is 0 Å². The molecule has 6 rings (SSSR count). The van der Waals surface area contributed by atoms with Gasteiger partial charge in [0.25, 0.3) is 0 Å². The molecule has 0 radical (unpaired) electrons. The number of likely N-dealkylation sites (tertiary alicyclic amines) is 1. The molecule has 0 bridgehead atoms. The molecule has 1 spiro atoms. The zero-order valence-electron chi connectivity index (χ0n) is 23.0. The van der Waals surface area contributed by atoms with Crippen molar-refractivity contribution in [3.05, 3.63) is 65.0 Å². The molecule has 2 N–H and O–H groups in total. The van der Waals surface area contributed by atoms with E-state index in [-0.39, 0.29) is 12.0 Å². The Labute approximate surface area is 229 Å². The maximum atomic E-state index is 13.0. The van der Waals surface area contributed by atoms with Crippen LogP contribution in [0.5, 0.6) is 0 Å². The van der Waals surface area contributed by atoms with Crippen molar-refractivity contribution >= 4 is 28.7 Å². The Morgan fingerprint density at radius 2 is 1.92 bits per heavy atom. The number of nitrogens with one attached hydrogen (secondary N) is 2. The summed E-state index contributed by atoms with van der Waals surface area (Å²) in [6.45, 7) is 8.89. The van der Waals surface area contributed by atoms with Gasteiger partial charge in [-0.15, -0.1) is 0 Å². The van der Waals surface area contributed by atoms with Gasteiger partial charge in [-0.05, 0) is 101 Å². The molecule has 1 atom stereocenters. The minimum Gasteiger partial charge on any atom is -0.444 e. The molecule has 2 aliphatic heterocycles. The van der Waals surface area contributed by atoms with Crippen LogP contribution in [0.15, 0.2) is 42.6 Å². The molecule has 3 aromatic rings. The van der Waals surface area contributed by atoms with E-state index in [2.05, 4.69) is 39.9 Å². The minimum atomic E-state index is -0.559. The summed E-state index contributed by atoms with van der Waals surface area (Å²) in [7, 11) is 0. The van der Waals surface area contributed by atoms with E-state index in [0.717, 1.165) is 67.6 Å². The second-order valence-corrected chi connectivity index (χ2v) is 12.3. The standard InChI is InChI=1S/C31H37N5O3/c1-30(2,3)39-29(38)36-13-9-20(10-14-36)8-12-32-19-24-7-6-21-15-22-17-31(18-23(22)16-26(21)34-24)25-5-4-11-33-27(25)35-28(31)37/h4-7,11,15-16,20,32H,8-10,12-14,17-19H2,1-3H3,(H,33,35,37). The fourth-order valence-electron chi connectivity index (χ4n) is 6.29. The van der Waals surface area contributed by atoms with E-state index in [4.69, 9.17) is 9.72 Å². The van der Waals surface area contributed by atoms with E-state index >= 15 is 0 Å². The third-order valence-electron chi connectivity index (χ3n) is 8.34. The molecule has 2 amide bonds. The van der Waals surface area contributed by atoms with Crippen LogP contribution in [0.3, 0.4) is 0 Å². The molecule has 4 heterocycles. The van der Waals surface area contributed by atoms with Crippen molar-refractivity contribution in [2.24, 2.45) is 5.92 Å². The van der Waals surface area contributed by atoms with Gasteiger partial charge in [-0.1, -0.05) is 12.1 Å². The van der Waals surface area contributed by atoms with Crippen molar-refractivity contribution in [2.75, 3.05) is 25.0 Å². The van der Waals surface area contributed by atoms with Gasteiger partial charge in [0.2, 0.25) is 5.91 Å². The van der Waals surface area contributed by atoms with E-state index < -0.39 is 11.0 Å². The topological polar surface area (TPSA) is 96.5 Å². The van der Waals surface area contributed by atoms with Crippen LogP contribution in [0, 0.1) is 5.92 Å². The lowest BCUT2D eigenvalue weighted by Gasteiger charge is -2.33. The predicted octanol–water partition coefficient (Wildman–Crippen LogP) is 4.75. The number of fused-ring (bicyclic) bond motifs is 4. The van der Waals surface area contributed by atoms with Crippen LogP contribution in [-0.4, -0.2) is 52.1 Å². The van der Waals surface area contributed by atoms with E-state index in [1.54, 1.807) is 6.20 Å². The smallest absolute Gasteiger partial charge is 0.410 e. The average Bonchev–Trinajstić information content (AvgIpc) is 3.41. The second-order valence-electron chi connectivity index (χ2n) is 12.3. The highest BCUT2D eigenvalue weighted by atomic mass is 16.6. The third kappa shape index (κ3) is 5.10. The Morgan fingerprint density at radius 1 is 1.15 bits per heavy atom. The molecule has 1 saturated heterocycles. The monoisotopic (exact) mass is 527 g/mol. The van der Waals surface area contributed by atoms with Crippen molar-refractivity contribution in [1.82, 2.24) is 20.2 Å². The van der Waals surface area contributed by atoms with Crippen LogP contribution >= 0.6 is 0 Å². The molecule has 3 aliphatic rings. The molecular weight excluding hydrogens is 490 g/mol. The van der Waals surface area contributed by atoms with Crippen molar-refractivity contribution in [3.63, 3.8) is 0 Å². The fraction of sp³-hybridized carbons (Fsp3) is 0.484. The summed E-state index contributed by atoms with van der Waals surface area (Å²) in [5, 5.41) is 7.65. The fourth-order valence-corrected chi connectivity index (χ4v) is 6.29. The van der Waals surface area contributed by atoms with Crippen molar-refractivity contribution in [3.8, 4) is 0 Å². The van der Waals surface area contributed by atoms with Crippen LogP contribution in [-0.2, 0) is 34.3 Å². The zero-order chi connectivity index (χ0) is 27.2. The zero-order valence-corrected chi connectivity index (χ0v) is 23.0. The number of benzene rings is 1. The van der Waals surface area contributed by atoms with Crippen molar-refractivity contribution in [2.45, 2.75) is 70.4 Å². The normalized spacial score (nSPS) is 20.8. The van der Waals surface area contributed by atoms with Gasteiger partial charge in [0.05, 0.1) is 16.6 Å². The number of amides is 2. The van der Waals surface area contributed by atoms with Crippen molar-refractivity contribution < 1.29 is 14.3 Å². The summed E-state index contributed by atoms with van der Waals surface area (Å²) in [5.74, 6) is 1.36. The highest BCUT2D eigenvalue weighted by Crippen LogP contribution is 2.47. The molecule has 1 unspecified atom stereocenters. The summed E-state index contributed by atoms with van der Waals surface area (Å²) in [6.07, 6.45) is 6.02. The van der Waals surface area contributed by atoms with Gasteiger partial charge in [-0.3, -0.25) is 9.78 Å². The molecule has 204 valence electrons. The molecule has 8 heteroatoms. The number of carbonyl (C=O) groups is 2. The minimum absolute atomic E-state index is 0.0461. The molecule has 8 nitrogen and oxygen atoms in total. The lowest BCUT2D eigenvalue weighted by Crippen LogP contribution is -2.42. The summed E-state index contributed by atoms with van der Waals surface area (Å²) < 4.78 is 5.51. The van der Waals surface area contributed by atoms with Gasteiger partial charge in [0.1, 0.15) is 11.4 Å². The lowest BCUT2D eigenvalue weighted by atomic mass is 9.79. The first-order valence-electron chi connectivity index (χ1n) is 14.1. The maximum absolute atomic E-state index is 13.0. The molecule has 1 aliphatic carbocycles. The summed E-state index contributed by atoms with van der Waals surface area (Å²) in [6, 6.07) is 12.5. The number of rotatable bonds is 5. The van der Waals surface area contributed by atoms with Crippen LogP contribution < -0.4 is 10.6 Å². The molecule has 1 fully saturated rings. The number of hydrogen-bond acceptors (Lipinski definition) is 6. The van der Waals surface area contributed by atoms with Gasteiger partial charge < -0.3 is 20.3 Å². The van der Waals surface area contributed by atoms with Crippen LogP contribution in [0.25, 0.3) is 10.9 Å². The predicted molar refractivity (Wildman–Crippen MR) is 151 cm³/mol. The first-order chi connectivity index (χ1) is 18.7. The number of piperidine rings is 1. The molecule has 0 saturated carbocycles. The molecule has 1 aromatic carbocycles. The van der Waals surface area contributed by atoms with Crippen LogP contribution in [0.1, 0.15) is 62.4 Å². The summed E-state index contributed by atoms with van der Waals surface area (Å²) in [4.78, 5) is 36.5. The SMILES string of the molecule is CC(C)(C)OC(=O)N1CCC(CCNCc2ccc3cc4c(cc3n2)CC2(C4)C(=O)Nc3ncccc32)CC1. The number of hydrogen-bond donors (Lipinski definition) is 2. The number of anilines is 1. The van der Waals surface area contributed by atoms with Crippen LogP contribution in [0.2, 0.25) is 0 Å². The van der Waals surface area contributed by atoms with Gasteiger partial charge in [-0.25, -0.2) is 9.78 Å². The Morgan fingerprint density at radius 3 is 2.69 bits per heavy atom. The Bertz CT molecular complexity index is 1420. The first kappa shape index (κ1) is 25.7. The van der Waals surface area contributed by atoms with Gasteiger partial charge in [0, 0.05) is 36.8 Å². The number of carbonyl (C=O) groups excluding carboxylic acids is 2. The maximum Gasteiger partial charge on any atom is 0.410 e. The highest BCUT2D eigenvalue weighted by Gasteiger charge is 2.51. The lowest BCUT2D eigenvalue weighted by molar-refractivity contribution is -0.120. The van der Waals surface area contributed by atoms with E-state index in [9.17, 15) is 9.59 Å². The molecular formula is C31H37N5O3. The number of nitrogens with zero attached hydrogens (tertiary/aromatic N) is 3. The highest BCUT2D eigenvalue weighted by molar-refractivity contribution is 6.06. The summed E-state index contributed by atoms with van der Waals surface area (Å²) >= 11 is 0.